The summed E-state index contributed by atoms with van der Waals surface area (Å²) in [6, 6.07) is 2.89. The van der Waals surface area contributed by atoms with Crippen LogP contribution in [-0.4, -0.2) is 43.3 Å². The molecular formula is C18H17ClF5N5O3S. The number of piperidine rings is 1. The number of anilines is 2. The smallest absolute Gasteiger partial charge is 0.355 e. The summed E-state index contributed by atoms with van der Waals surface area (Å²) >= 11 is 5.72. The fraction of sp³-hybridized carbons (Fsp3) is 0.389. The van der Waals surface area contributed by atoms with Gasteiger partial charge in [0.25, 0.3) is 21.9 Å². The molecule has 2 aromatic heterocycles. The number of sulfonamides is 1. The predicted molar refractivity (Wildman–Crippen MR) is 109 cm³/mol. The number of nitrogens with one attached hydrogen (secondary N) is 1. The Bertz CT molecular complexity index is 1190. The van der Waals surface area contributed by atoms with Crippen molar-refractivity contribution in [3.05, 3.63) is 40.7 Å². The summed E-state index contributed by atoms with van der Waals surface area (Å²) in [7, 11) is -4.20. The molecular weight excluding hydrogens is 497 g/mol. The van der Waals surface area contributed by atoms with Crippen LogP contribution >= 0.6 is 11.6 Å². The van der Waals surface area contributed by atoms with E-state index in [-0.39, 0.29) is 18.8 Å². The Morgan fingerprint density at radius 2 is 2.00 bits per heavy atom. The second-order valence-corrected chi connectivity index (χ2v) is 9.34. The first-order chi connectivity index (χ1) is 15.1. The molecule has 1 atom stereocenters. The number of rotatable bonds is 4. The maximum Gasteiger partial charge on any atom is 0.434 e. The van der Waals surface area contributed by atoms with Crippen LogP contribution in [-0.2, 0) is 16.2 Å². The predicted octanol–water partition coefficient (Wildman–Crippen LogP) is 3.53. The monoisotopic (exact) mass is 513 g/mol. The SMILES string of the molecule is CC1CN(c2nc(C(F)(F)F)c(Cl)cc2C(=O)Nc2ccnc(S(N)(=O)=O)c2)CCC1(F)F. The first-order valence-electron chi connectivity index (χ1n) is 9.30. The van der Waals surface area contributed by atoms with Gasteiger partial charge in [0.05, 0.1) is 10.6 Å². The number of halogens is 6. The Labute approximate surface area is 190 Å². The molecule has 3 heterocycles. The van der Waals surface area contributed by atoms with Crippen LogP contribution in [0.4, 0.5) is 33.5 Å². The molecule has 0 aliphatic carbocycles. The molecule has 1 amide bonds. The molecule has 8 nitrogen and oxygen atoms in total. The number of nitrogens with two attached hydrogens (primary N) is 1. The van der Waals surface area contributed by atoms with E-state index in [0.717, 1.165) is 23.2 Å². The lowest BCUT2D eigenvalue weighted by Crippen LogP contribution is -2.47. The highest BCUT2D eigenvalue weighted by Gasteiger charge is 2.43. The lowest BCUT2D eigenvalue weighted by Gasteiger charge is -2.38. The molecule has 1 fully saturated rings. The van der Waals surface area contributed by atoms with Crippen LogP contribution in [0, 0.1) is 5.92 Å². The van der Waals surface area contributed by atoms with Crippen LogP contribution < -0.4 is 15.4 Å². The van der Waals surface area contributed by atoms with Gasteiger partial charge in [0, 0.05) is 43.4 Å². The van der Waals surface area contributed by atoms with Crippen molar-refractivity contribution in [2.45, 2.75) is 30.5 Å². The van der Waals surface area contributed by atoms with E-state index >= 15 is 0 Å². The summed E-state index contributed by atoms with van der Waals surface area (Å²) < 4.78 is 90.8. The molecule has 1 saturated heterocycles. The molecule has 33 heavy (non-hydrogen) atoms. The Hall–Kier alpha value is -2.58. The molecule has 1 aliphatic heterocycles. The number of alkyl halides is 5. The highest BCUT2D eigenvalue weighted by atomic mass is 35.5. The standard InChI is InChI=1S/C18H17ClF5N5O3S/c1-9-8-29(5-3-17(9,20)21)15-11(7-12(19)14(28-15)18(22,23)24)16(30)27-10-2-4-26-13(6-10)33(25,31)32/h2,4,6-7,9H,3,5,8H2,1H3,(H2,25,31,32)(H,26,27,30). The van der Waals surface area contributed by atoms with Crippen LogP contribution in [0.5, 0.6) is 0 Å². The zero-order valence-electron chi connectivity index (χ0n) is 16.8. The fourth-order valence-electron chi connectivity index (χ4n) is 3.21. The quantitative estimate of drug-likeness (QED) is 0.604. The van der Waals surface area contributed by atoms with Crippen molar-refractivity contribution in [2.24, 2.45) is 11.1 Å². The zero-order valence-corrected chi connectivity index (χ0v) is 18.4. The lowest BCUT2D eigenvalue weighted by molar-refractivity contribution is -0.141. The third kappa shape index (κ3) is 5.50. The summed E-state index contributed by atoms with van der Waals surface area (Å²) in [4.78, 5) is 21.1. The minimum absolute atomic E-state index is 0.0838. The molecule has 3 N–H and O–H groups in total. The number of hydrogen-bond acceptors (Lipinski definition) is 6. The van der Waals surface area contributed by atoms with E-state index in [2.05, 4.69) is 15.3 Å². The van der Waals surface area contributed by atoms with Gasteiger partial charge in [-0.1, -0.05) is 18.5 Å². The average Bonchev–Trinajstić information content (AvgIpc) is 2.68. The Morgan fingerprint density at radius 3 is 2.58 bits per heavy atom. The van der Waals surface area contributed by atoms with Crippen molar-refractivity contribution in [2.75, 3.05) is 23.3 Å². The highest BCUT2D eigenvalue weighted by Crippen LogP contribution is 2.39. The lowest BCUT2D eigenvalue weighted by atomic mass is 9.95. The van der Waals surface area contributed by atoms with Gasteiger partial charge in [0.1, 0.15) is 5.82 Å². The molecule has 0 saturated carbocycles. The summed E-state index contributed by atoms with van der Waals surface area (Å²) in [6.07, 6.45) is -4.56. The molecule has 180 valence electrons. The Morgan fingerprint density at radius 1 is 1.33 bits per heavy atom. The minimum Gasteiger partial charge on any atom is -0.355 e. The van der Waals surface area contributed by atoms with Crippen LogP contribution in [0.2, 0.25) is 5.02 Å². The maximum absolute atomic E-state index is 13.9. The normalized spacial score (nSPS) is 18.8. The van der Waals surface area contributed by atoms with Gasteiger partial charge in [-0.05, 0) is 12.1 Å². The third-order valence-corrected chi connectivity index (χ3v) is 6.08. The van der Waals surface area contributed by atoms with E-state index in [1.54, 1.807) is 0 Å². The first-order valence-corrected chi connectivity index (χ1v) is 11.2. The number of hydrogen-bond donors (Lipinski definition) is 2. The third-order valence-electron chi connectivity index (χ3n) is 4.98. The van der Waals surface area contributed by atoms with Gasteiger partial charge in [-0.15, -0.1) is 0 Å². The first kappa shape index (κ1) is 25.1. The number of carbonyl (C=O) groups excluding carboxylic acids is 1. The summed E-state index contributed by atoms with van der Waals surface area (Å²) in [6.45, 7) is 0.524. The second kappa shape index (κ2) is 8.65. The van der Waals surface area contributed by atoms with Crippen LogP contribution in [0.25, 0.3) is 0 Å². The highest BCUT2D eigenvalue weighted by molar-refractivity contribution is 7.89. The molecule has 1 unspecified atom stereocenters. The van der Waals surface area contributed by atoms with Gasteiger partial charge in [0.2, 0.25) is 0 Å². The molecule has 15 heteroatoms. The maximum atomic E-state index is 13.9. The van der Waals surface area contributed by atoms with E-state index in [1.807, 2.05) is 0 Å². The van der Waals surface area contributed by atoms with Crippen molar-refractivity contribution in [3.63, 3.8) is 0 Å². The van der Waals surface area contributed by atoms with Gasteiger partial charge in [-0.2, -0.15) is 13.2 Å². The van der Waals surface area contributed by atoms with Crippen LogP contribution in [0.1, 0.15) is 29.4 Å². The number of carbonyl (C=O) groups is 1. The van der Waals surface area contributed by atoms with Crippen molar-refractivity contribution in [1.29, 1.82) is 0 Å². The number of primary sulfonamides is 1. The minimum atomic E-state index is -4.96. The molecule has 0 radical (unpaired) electrons. The van der Waals surface area contributed by atoms with Crippen molar-refractivity contribution in [3.8, 4) is 0 Å². The Balaban J connectivity index is 2.04. The van der Waals surface area contributed by atoms with E-state index in [9.17, 15) is 35.2 Å². The topological polar surface area (TPSA) is 118 Å². The van der Waals surface area contributed by atoms with Crippen molar-refractivity contribution < 1.29 is 35.2 Å². The number of amides is 1. The fourth-order valence-corrected chi connectivity index (χ4v) is 3.96. The van der Waals surface area contributed by atoms with Crippen molar-refractivity contribution in [1.82, 2.24) is 9.97 Å². The van der Waals surface area contributed by atoms with Crippen LogP contribution in [0.15, 0.2) is 29.4 Å². The largest absolute Gasteiger partial charge is 0.434 e. The van der Waals surface area contributed by atoms with Crippen molar-refractivity contribution >= 4 is 39.0 Å². The molecule has 0 spiro atoms. The van der Waals surface area contributed by atoms with Gasteiger partial charge in [-0.3, -0.25) is 4.79 Å². The number of pyridine rings is 2. The molecule has 2 aromatic rings. The van der Waals surface area contributed by atoms with Gasteiger partial charge in [-0.25, -0.2) is 32.3 Å². The summed E-state index contributed by atoms with van der Waals surface area (Å²) in [5.41, 5.74) is -1.97. The van der Waals surface area contributed by atoms with Gasteiger partial charge >= 0.3 is 6.18 Å². The number of nitrogens with zero attached hydrogens (tertiary/aromatic N) is 3. The molecule has 0 bridgehead atoms. The molecule has 3 rings (SSSR count). The Kier molecular flexibility index (Phi) is 6.56. The average molecular weight is 514 g/mol. The zero-order chi connectivity index (χ0) is 24.8. The summed E-state index contributed by atoms with van der Waals surface area (Å²) in [5, 5.41) is 5.88. The van der Waals surface area contributed by atoms with Crippen LogP contribution in [0.3, 0.4) is 0 Å². The second-order valence-electron chi connectivity index (χ2n) is 7.43. The van der Waals surface area contributed by atoms with E-state index in [1.165, 1.54) is 13.0 Å². The van der Waals surface area contributed by atoms with E-state index in [4.69, 9.17) is 16.7 Å². The van der Waals surface area contributed by atoms with Gasteiger partial charge < -0.3 is 10.2 Å². The number of aromatic nitrogens is 2. The molecule has 1 aliphatic rings. The van der Waals surface area contributed by atoms with Gasteiger partial charge in [0.15, 0.2) is 10.7 Å². The summed E-state index contributed by atoms with van der Waals surface area (Å²) in [5.74, 6) is -5.72. The van der Waals surface area contributed by atoms with E-state index < -0.39 is 67.5 Å². The van der Waals surface area contributed by atoms with E-state index in [0.29, 0.717) is 0 Å². The molecule has 0 aromatic carbocycles.